The number of hydrogen-bond acceptors (Lipinski definition) is 5. The molecule has 1 aromatic heterocycles. The number of sulfonamides is 1. The van der Waals surface area contributed by atoms with Gasteiger partial charge in [-0.15, -0.1) is 11.3 Å². The van der Waals surface area contributed by atoms with Crippen molar-refractivity contribution >= 4 is 53.2 Å². The van der Waals surface area contributed by atoms with Crippen LogP contribution in [0.3, 0.4) is 0 Å². The number of hydrogen-bond donors (Lipinski definition) is 0. The van der Waals surface area contributed by atoms with Gasteiger partial charge in [0.15, 0.2) is 0 Å². The molecular formula is C23H24Br2N2O3S2. The molecular weight excluding hydrogens is 576 g/mol. The molecule has 32 heavy (non-hydrogen) atoms. The maximum absolute atomic E-state index is 13.3. The first kappa shape index (κ1) is 23.9. The third kappa shape index (κ3) is 5.13. The zero-order valence-corrected chi connectivity index (χ0v) is 22.7. The van der Waals surface area contributed by atoms with Crippen LogP contribution in [0.4, 0.5) is 0 Å². The van der Waals surface area contributed by atoms with Gasteiger partial charge >= 0.3 is 0 Å². The molecule has 0 aliphatic carbocycles. The van der Waals surface area contributed by atoms with Crippen LogP contribution >= 0.6 is 43.2 Å². The fourth-order valence-corrected chi connectivity index (χ4v) is 7.27. The normalized spacial score (nSPS) is 15.8. The number of thiophene rings is 1. The molecule has 1 aliphatic heterocycles. The van der Waals surface area contributed by atoms with Crippen LogP contribution in [0.5, 0.6) is 5.75 Å². The van der Waals surface area contributed by atoms with Gasteiger partial charge < -0.3 is 4.74 Å². The van der Waals surface area contributed by atoms with Crippen LogP contribution in [0.25, 0.3) is 10.4 Å². The average Bonchev–Trinajstić information content (AvgIpc) is 3.24. The van der Waals surface area contributed by atoms with Gasteiger partial charge in [-0.2, -0.15) is 4.31 Å². The lowest BCUT2D eigenvalue weighted by molar-refractivity contribution is 0.182. The summed E-state index contributed by atoms with van der Waals surface area (Å²) in [5.74, 6) is 0.381. The Hall–Kier alpha value is -1.23. The quantitative estimate of drug-likeness (QED) is 0.361. The van der Waals surface area contributed by atoms with Crippen molar-refractivity contribution in [3.05, 3.63) is 67.9 Å². The van der Waals surface area contributed by atoms with Crippen LogP contribution in [-0.2, 0) is 16.6 Å². The Kier molecular flexibility index (Phi) is 7.43. The molecule has 4 rings (SSSR count). The summed E-state index contributed by atoms with van der Waals surface area (Å²) >= 11 is 8.76. The van der Waals surface area contributed by atoms with E-state index >= 15 is 0 Å². The molecule has 1 fully saturated rings. The van der Waals surface area contributed by atoms with Crippen molar-refractivity contribution in [2.24, 2.45) is 0 Å². The van der Waals surface area contributed by atoms with Crippen LogP contribution < -0.4 is 4.74 Å². The lowest BCUT2D eigenvalue weighted by Gasteiger charge is -2.34. The van der Waals surface area contributed by atoms with Crippen molar-refractivity contribution < 1.29 is 13.2 Å². The maximum Gasteiger partial charge on any atom is 0.246 e. The monoisotopic (exact) mass is 598 g/mol. The first-order valence-corrected chi connectivity index (χ1v) is 14.0. The van der Waals surface area contributed by atoms with Gasteiger partial charge in [-0.3, -0.25) is 4.90 Å². The minimum atomic E-state index is -3.63. The van der Waals surface area contributed by atoms with Gasteiger partial charge in [0, 0.05) is 51.4 Å². The summed E-state index contributed by atoms with van der Waals surface area (Å²) in [7, 11) is -2.12. The number of aryl methyl sites for hydroxylation is 1. The van der Waals surface area contributed by atoms with Gasteiger partial charge in [-0.1, -0.05) is 44.0 Å². The molecule has 170 valence electrons. The number of ether oxygens (including phenoxy) is 1. The fraction of sp³-hybridized carbons (Fsp3) is 0.304. The highest BCUT2D eigenvalue weighted by molar-refractivity contribution is 9.10. The fourth-order valence-electron chi connectivity index (χ4n) is 3.75. The summed E-state index contributed by atoms with van der Waals surface area (Å²) < 4.78 is 35.3. The summed E-state index contributed by atoms with van der Waals surface area (Å²) in [6, 6.07) is 16.0. The van der Waals surface area contributed by atoms with Crippen LogP contribution in [0, 0.1) is 6.92 Å². The van der Waals surface area contributed by atoms with E-state index in [2.05, 4.69) is 61.0 Å². The minimum Gasteiger partial charge on any atom is -0.495 e. The first-order chi connectivity index (χ1) is 15.3. The number of methoxy groups -OCH3 is 1. The van der Waals surface area contributed by atoms with Crippen molar-refractivity contribution in [1.82, 2.24) is 9.21 Å². The Morgan fingerprint density at radius 3 is 2.47 bits per heavy atom. The van der Waals surface area contributed by atoms with E-state index in [0.29, 0.717) is 31.9 Å². The van der Waals surface area contributed by atoms with Gasteiger partial charge in [-0.25, -0.2) is 8.42 Å². The molecule has 0 unspecified atom stereocenters. The highest BCUT2D eigenvalue weighted by Gasteiger charge is 2.31. The van der Waals surface area contributed by atoms with E-state index in [9.17, 15) is 8.42 Å². The Labute approximate surface area is 210 Å². The molecule has 0 spiro atoms. The highest BCUT2D eigenvalue weighted by Crippen LogP contribution is 2.33. The zero-order valence-electron chi connectivity index (χ0n) is 17.8. The van der Waals surface area contributed by atoms with Gasteiger partial charge in [0.25, 0.3) is 0 Å². The summed E-state index contributed by atoms with van der Waals surface area (Å²) in [6.45, 7) is 5.04. The lowest BCUT2D eigenvalue weighted by atomic mass is 10.2. The number of rotatable bonds is 6. The number of benzene rings is 2. The highest BCUT2D eigenvalue weighted by atomic mass is 79.9. The number of halogens is 2. The topological polar surface area (TPSA) is 49.9 Å². The predicted octanol–water partition coefficient (Wildman–Crippen LogP) is 5.76. The van der Waals surface area contributed by atoms with Crippen molar-refractivity contribution in [3.63, 3.8) is 0 Å². The van der Waals surface area contributed by atoms with Gasteiger partial charge in [0.05, 0.1) is 7.11 Å². The SMILES string of the molecule is COc1cc(C)c(Br)cc1S(=O)(=O)N1CCN(Cc2ccc(-c3cccc(Br)c3)s2)CC1. The second-order valence-corrected chi connectivity index (χ2v) is 12.6. The predicted molar refractivity (Wildman–Crippen MR) is 137 cm³/mol. The smallest absolute Gasteiger partial charge is 0.246 e. The van der Waals surface area contributed by atoms with Crippen molar-refractivity contribution in [1.29, 1.82) is 0 Å². The van der Waals surface area contributed by atoms with E-state index in [-0.39, 0.29) is 4.90 Å². The molecule has 0 saturated carbocycles. The van der Waals surface area contributed by atoms with Crippen molar-refractivity contribution in [3.8, 4) is 16.2 Å². The van der Waals surface area contributed by atoms with Crippen molar-refractivity contribution in [2.45, 2.75) is 18.4 Å². The zero-order chi connectivity index (χ0) is 22.9. The van der Waals surface area contributed by atoms with Crippen LogP contribution in [-0.4, -0.2) is 50.9 Å². The summed E-state index contributed by atoms with van der Waals surface area (Å²) in [4.78, 5) is 5.04. The van der Waals surface area contributed by atoms with E-state index in [1.165, 1.54) is 22.4 Å². The van der Waals surface area contributed by atoms with E-state index in [1.807, 2.05) is 19.1 Å². The molecule has 0 N–H and O–H groups in total. The first-order valence-electron chi connectivity index (χ1n) is 10.2. The third-order valence-corrected chi connectivity index (χ3v) is 9.93. The minimum absolute atomic E-state index is 0.211. The maximum atomic E-state index is 13.3. The van der Waals surface area contributed by atoms with Crippen LogP contribution in [0.15, 0.2) is 62.4 Å². The Balaban J connectivity index is 1.42. The Morgan fingerprint density at radius 1 is 1.03 bits per heavy atom. The Morgan fingerprint density at radius 2 is 1.78 bits per heavy atom. The molecule has 3 aromatic rings. The lowest BCUT2D eigenvalue weighted by Crippen LogP contribution is -2.48. The van der Waals surface area contributed by atoms with Crippen LogP contribution in [0.2, 0.25) is 0 Å². The summed E-state index contributed by atoms with van der Waals surface area (Å²) in [6.07, 6.45) is 0. The number of nitrogens with zero attached hydrogens (tertiary/aromatic N) is 2. The van der Waals surface area contributed by atoms with Gasteiger partial charge in [0.1, 0.15) is 10.6 Å². The van der Waals surface area contributed by atoms with E-state index in [1.54, 1.807) is 27.8 Å². The molecule has 1 aliphatic rings. The molecule has 1 saturated heterocycles. The van der Waals surface area contributed by atoms with Gasteiger partial charge in [-0.05, 0) is 54.4 Å². The largest absolute Gasteiger partial charge is 0.495 e. The second kappa shape index (κ2) is 9.95. The molecule has 0 atom stereocenters. The second-order valence-electron chi connectivity index (χ2n) is 7.71. The third-order valence-electron chi connectivity index (χ3n) is 5.54. The van der Waals surface area contributed by atoms with Crippen molar-refractivity contribution in [2.75, 3.05) is 33.3 Å². The molecule has 0 radical (unpaired) electrons. The average molecular weight is 600 g/mol. The van der Waals surface area contributed by atoms with E-state index in [4.69, 9.17) is 4.74 Å². The molecule has 2 aromatic carbocycles. The summed E-state index contributed by atoms with van der Waals surface area (Å²) in [5, 5.41) is 0. The van der Waals surface area contributed by atoms with Crippen LogP contribution in [0.1, 0.15) is 10.4 Å². The van der Waals surface area contributed by atoms with E-state index < -0.39 is 10.0 Å². The molecule has 2 heterocycles. The van der Waals surface area contributed by atoms with E-state index in [0.717, 1.165) is 21.1 Å². The number of piperazine rings is 1. The van der Waals surface area contributed by atoms with Gasteiger partial charge in [0.2, 0.25) is 10.0 Å². The molecule has 5 nitrogen and oxygen atoms in total. The Bertz CT molecular complexity index is 1220. The molecule has 9 heteroatoms. The molecule has 0 bridgehead atoms. The summed E-state index contributed by atoms with van der Waals surface area (Å²) in [5.41, 5.74) is 2.13. The standard InChI is InChI=1S/C23H24Br2N2O3S2/c1-16-12-21(30-2)23(14-20(16)25)32(28,29)27-10-8-26(9-11-27)15-19-6-7-22(31-19)17-4-3-5-18(24)13-17/h3-7,12-14H,8-11,15H2,1-2H3. The molecule has 0 amide bonds.